The molecular formula is C14H19FO3. The van der Waals surface area contributed by atoms with Gasteiger partial charge >= 0.3 is 5.97 Å². The second kappa shape index (κ2) is 6.99. The molecule has 0 amide bonds. The highest BCUT2D eigenvalue weighted by Gasteiger charge is 2.25. The molecule has 3 nitrogen and oxygen atoms in total. The molecule has 1 rings (SSSR count). The Morgan fingerprint density at radius 3 is 2.67 bits per heavy atom. The maximum absolute atomic E-state index is 14.1. The predicted molar refractivity (Wildman–Crippen MR) is 67.2 cm³/mol. The van der Waals surface area contributed by atoms with Gasteiger partial charge in [-0.1, -0.05) is 31.9 Å². The molecule has 0 aliphatic carbocycles. The molecule has 0 radical (unpaired) electrons. The number of hydrogen-bond donors (Lipinski definition) is 0. The molecule has 1 unspecified atom stereocenters. The lowest BCUT2D eigenvalue weighted by Gasteiger charge is -2.16. The fourth-order valence-corrected chi connectivity index (χ4v) is 1.91. The zero-order valence-corrected chi connectivity index (χ0v) is 11.0. The van der Waals surface area contributed by atoms with Crippen LogP contribution in [-0.4, -0.2) is 20.2 Å². The summed E-state index contributed by atoms with van der Waals surface area (Å²) >= 11 is 0. The second-order valence-corrected chi connectivity index (χ2v) is 4.08. The third-order valence-corrected chi connectivity index (χ3v) is 2.92. The van der Waals surface area contributed by atoms with Crippen molar-refractivity contribution >= 4 is 5.97 Å². The largest absolute Gasteiger partial charge is 0.494 e. The van der Waals surface area contributed by atoms with E-state index in [-0.39, 0.29) is 5.75 Å². The third-order valence-electron chi connectivity index (χ3n) is 2.92. The van der Waals surface area contributed by atoms with Gasteiger partial charge in [0, 0.05) is 5.56 Å². The van der Waals surface area contributed by atoms with Gasteiger partial charge in [0.1, 0.15) is 0 Å². The number of rotatable bonds is 6. The van der Waals surface area contributed by atoms with E-state index in [4.69, 9.17) is 9.47 Å². The van der Waals surface area contributed by atoms with Crippen LogP contribution in [0.1, 0.15) is 37.7 Å². The van der Waals surface area contributed by atoms with Crippen LogP contribution in [0.2, 0.25) is 0 Å². The second-order valence-electron chi connectivity index (χ2n) is 4.08. The van der Waals surface area contributed by atoms with Crippen LogP contribution in [0, 0.1) is 5.82 Å². The van der Waals surface area contributed by atoms with Gasteiger partial charge in [0.25, 0.3) is 0 Å². The molecule has 0 N–H and O–H groups in total. The molecule has 0 bridgehead atoms. The minimum absolute atomic E-state index is 0.151. The summed E-state index contributed by atoms with van der Waals surface area (Å²) in [7, 11) is 2.72. The van der Waals surface area contributed by atoms with Crippen LogP contribution in [0.5, 0.6) is 5.75 Å². The Morgan fingerprint density at radius 2 is 2.11 bits per heavy atom. The van der Waals surface area contributed by atoms with Gasteiger partial charge in [-0.15, -0.1) is 0 Å². The maximum atomic E-state index is 14.1. The van der Waals surface area contributed by atoms with Gasteiger partial charge in [0.15, 0.2) is 11.6 Å². The Morgan fingerprint density at radius 1 is 1.39 bits per heavy atom. The molecule has 4 heteroatoms. The first-order chi connectivity index (χ1) is 8.65. The molecule has 18 heavy (non-hydrogen) atoms. The van der Waals surface area contributed by atoms with E-state index in [1.54, 1.807) is 12.1 Å². The Hall–Kier alpha value is -1.58. The highest BCUT2D eigenvalue weighted by atomic mass is 19.1. The van der Waals surface area contributed by atoms with E-state index < -0.39 is 17.7 Å². The minimum Gasteiger partial charge on any atom is -0.494 e. The highest BCUT2D eigenvalue weighted by Crippen LogP contribution is 2.30. The first-order valence-electron chi connectivity index (χ1n) is 6.05. The lowest BCUT2D eigenvalue weighted by molar-refractivity contribution is -0.142. The molecule has 100 valence electrons. The van der Waals surface area contributed by atoms with E-state index in [9.17, 15) is 9.18 Å². The van der Waals surface area contributed by atoms with Crippen molar-refractivity contribution in [2.24, 2.45) is 0 Å². The van der Waals surface area contributed by atoms with E-state index in [0.717, 1.165) is 12.8 Å². The van der Waals surface area contributed by atoms with Crippen molar-refractivity contribution in [2.45, 2.75) is 32.1 Å². The fraction of sp³-hybridized carbons (Fsp3) is 0.500. The summed E-state index contributed by atoms with van der Waals surface area (Å²) in [4.78, 5) is 11.7. The van der Waals surface area contributed by atoms with Crippen molar-refractivity contribution < 1.29 is 18.7 Å². The van der Waals surface area contributed by atoms with Crippen LogP contribution in [0.15, 0.2) is 18.2 Å². The molecule has 0 fully saturated rings. The van der Waals surface area contributed by atoms with E-state index in [1.807, 2.05) is 6.92 Å². The highest BCUT2D eigenvalue weighted by molar-refractivity contribution is 5.78. The van der Waals surface area contributed by atoms with Crippen LogP contribution in [-0.2, 0) is 9.53 Å². The van der Waals surface area contributed by atoms with E-state index in [1.165, 1.54) is 20.3 Å². The number of carbonyl (C=O) groups excluding carboxylic acids is 1. The Balaban J connectivity index is 3.08. The van der Waals surface area contributed by atoms with Gasteiger partial charge in [-0.25, -0.2) is 4.39 Å². The molecule has 0 aliphatic rings. The predicted octanol–water partition coefficient (Wildman–Crippen LogP) is 3.28. The Bertz CT molecular complexity index is 404. The SMILES string of the molecule is CCCCC(C(=O)OC)c1cccc(OC)c1F. The molecule has 1 aromatic rings. The standard InChI is InChI=1S/C14H19FO3/c1-4-5-7-11(14(16)18-3)10-8-6-9-12(17-2)13(10)15/h6,8-9,11H,4-5,7H2,1-3H3. The zero-order valence-electron chi connectivity index (χ0n) is 11.0. The molecular weight excluding hydrogens is 235 g/mol. The monoisotopic (exact) mass is 254 g/mol. The molecule has 0 aliphatic heterocycles. The van der Waals surface area contributed by atoms with Gasteiger partial charge in [-0.2, -0.15) is 0 Å². The Kier molecular flexibility index (Phi) is 5.62. The smallest absolute Gasteiger partial charge is 0.313 e. The van der Waals surface area contributed by atoms with Crippen molar-refractivity contribution in [3.8, 4) is 5.75 Å². The van der Waals surface area contributed by atoms with E-state index in [2.05, 4.69) is 0 Å². The molecule has 0 aromatic heterocycles. The molecule has 0 saturated carbocycles. The molecule has 0 heterocycles. The van der Waals surface area contributed by atoms with Crippen molar-refractivity contribution in [1.29, 1.82) is 0 Å². The zero-order chi connectivity index (χ0) is 13.5. The van der Waals surface area contributed by atoms with Crippen molar-refractivity contribution in [3.05, 3.63) is 29.6 Å². The molecule has 1 aromatic carbocycles. The van der Waals surface area contributed by atoms with Crippen LogP contribution < -0.4 is 4.74 Å². The van der Waals surface area contributed by atoms with Crippen LogP contribution in [0.3, 0.4) is 0 Å². The van der Waals surface area contributed by atoms with Gasteiger partial charge < -0.3 is 9.47 Å². The number of halogens is 1. The number of esters is 1. The summed E-state index contributed by atoms with van der Waals surface area (Å²) < 4.78 is 23.8. The summed E-state index contributed by atoms with van der Waals surface area (Å²) in [6.07, 6.45) is 2.36. The third kappa shape index (κ3) is 3.22. The molecule has 0 spiro atoms. The fourth-order valence-electron chi connectivity index (χ4n) is 1.91. The number of benzene rings is 1. The Labute approximate surface area is 107 Å². The number of ether oxygens (including phenoxy) is 2. The topological polar surface area (TPSA) is 35.5 Å². The van der Waals surface area contributed by atoms with Crippen LogP contribution >= 0.6 is 0 Å². The van der Waals surface area contributed by atoms with Gasteiger partial charge in [0.05, 0.1) is 20.1 Å². The number of hydrogen-bond acceptors (Lipinski definition) is 3. The van der Waals surface area contributed by atoms with E-state index in [0.29, 0.717) is 12.0 Å². The summed E-state index contributed by atoms with van der Waals surface area (Å²) in [6, 6.07) is 4.82. The van der Waals surface area contributed by atoms with Gasteiger partial charge in [0.2, 0.25) is 0 Å². The van der Waals surface area contributed by atoms with Gasteiger partial charge in [-0.3, -0.25) is 4.79 Å². The summed E-state index contributed by atoms with van der Waals surface area (Å²) in [5.74, 6) is -1.30. The van der Waals surface area contributed by atoms with Crippen LogP contribution in [0.4, 0.5) is 4.39 Å². The normalized spacial score (nSPS) is 12.0. The number of carbonyl (C=O) groups is 1. The van der Waals surface area contributed by atoms with Crippen molar-refractivity contribution in [1.82, 2.24) is 0 Å². The summed E-state index contributed by atoms with van der Waals surface area (Å²) in [5.41, 5.74) is 0.342. The van der Waals surface area contributed by atoms with Crippen molar-refractivity contribution in [2.75, 3.05) is 14.2 Å². The lowest BCUT2D eigenvalue weighted by atomic mass is 9.93. The molecule has 0 saturated heterocycles. The molecule has 1 atom stereocenters. The number of methoxy groups -OCH3 is 2. The quantitative estimate of drug-likeness (QED) is 0.731. The lowest BCUT2D eigenvalue weighted by Crippen LogP contribution is -2.16. The summed E-state index contributed by atoms with van der Waals surface area (Å²) in [5, 5.41) is 0. The van der Waals surface area contributed by atoms with Crippen LogP contribution in [0.25, 0.3) is 0 Å². The average Bonchev–Trinajstić information content (AvgIpc) is 2.40. The first-order valence-corrected chi connectivity index (χ1v) is 6.05. The number of unbranched alkanes of at least 4 members (excludes halogenated alkanes) is 1. The van der Waals surface area contributed by atoms with Crippen molar-refractivity contribution in [3.63, 3.8) is 0 Å². The summed E-state index contributed by atoms with van der Waals surface area (Å²) in [6.45, 7) is 2.02. The first kappa shape index (κ1) is 14.5. The van der Waals surface area contributed by atoms with Gasteiger partial charge in [-0.05, 0) is 12.5 Å². The maximum Gasteiger partial charge on any atom is 0.313 e. The van der Waals surface area contributed by atoms with E-state index >= 15 is 0 Å². The average molecular weight is 254 g/mol. The minimum atomic E-state index is -0.565.